The first-order valence-electron chi connectivity index (χ1n) is 18.5. The van der Waals surface area contributed by atoms with Crippen molar-refractivity contribution in [2.45, 2.75) is 0 Å². The maximum absolute atomic E-state index is 2.45. The Balaban J connectivity index is 1.14. The molecule has 54 heavy (non-hydrogen) atoms. The van der Waals surface area contributed by atoms with Crippen molar-refractivity contribution in [3.63, 3.8) is 0 Å². The zero-order valence-corrected chi connectivity index (χ0v) is 30.2. The molecule has 0 atom stereocenters. The molecule has 0 unspecified atom stereocenters. The zero-order chi connectivity index (χ0) is 35.6. The van der Waals surface area contributed by atoms with Crippen LogP contribution < -0.4 is 4.90 Å². The van der Waals surface area contributed by atoms with E-state index in [1.807, 2.05) is 11.3 Å². The Morgan fingerprint density at radius 2 is 0.926 bits per heavy atom. The third-order valence-electron chi connectivity index (χ3n) is 11.0. The maximum atomic E-state index is 2.45. The Labute approximate surface area is 317 Å². The van der Waals surface area contributed by atoms with Gasteiger partial charge in [0.1, 0.15) is 0 Å². The number of thiophene rings is 1. The van der Waals surface area contributed by atoms with Gasteiger partial charge in [0.05, 0.1) is 5.69 Å². The van der Waals surface area contributed by atoms with E-state index in [4.69, 9.17) is 0 Å². The van der Waals surface area contributed by atoms with Crippen LogP contribution in [0.3, 0.4) is 0 Å². The van der Waals surface area contributed by atoms with E-state index in [0.29, 0.717) is 0 Å². The van der Waals surface area contributed by atoms with Gasteiger partial charge < -0.3 is 4.90 Å². The summed E-state index contributed by atoms with van der Waals surface area (Å²) in [5.74, 6) is 0. The van der Waals surface area contributed by atoms with Crippen molar-refractivity contribution in [3.05, 3.63) is 200 Å². The van der Waals surface area contributed by atoms with Crippen LogP contribution in [0, 0.1) is 0 Å². The number of anilines is 3. The fourth-order valence-corrected chi connectivity index (χ4v) is 9.76. The summed E-state index contributed by atoms with van der Waals surface area (Å²) in [6.45, 7) is 0. The van der Waals surface area contributed by atoms with E-state index in [-0.39, 0.29) is 0 Å². The summed E-state index contributed by atoms with van der Waals surface area (Å²) in [6, 6.07) is 73.5. The summed E-state index contributed by atoms with van der Waals surface area (Å²) in [4.78, 5) is 2.45. The van der Waals surface area contributed by atoms with Gasteiger partial charge in [-0.25, -0.2) is 0 Å². The van der Waals surface area contributed by atoms with Crippen LogP contribution in [0.15, 0.2) is 200 Å². The smallest absolute Gasteiger partial charge is 0.0540 e. The molecular formula is C52H33NS. The van der Waals surface area contributed by atoms with Crippen molar-refractivity contribution in [2.75, 3.05) is 4.90 Å². The molecule has 1 aromatic heterocycles. The second-order valence-corrected chi connectivity index (χ2v) is 15.1. The molecule has 1 nitrogen and oxygen atoms in total. The topological polar surface area (TPSA) is 3.24 Å². The summed E-state index contributed by atoms with van der Waals surface area (Å²) >= 11 is 1.89. The molecule has 0 aliphatic rings. The quantitative estimate of drug-likeness (QED) is 0.161. The molecule has 0 bridgehead atoms. The van der Waals surface area contributed by atoms with Gasteiger partial charge in [-0.3, -0.25) is 0 Å². The molecule has 0 saturated carbocycles. The summed E-state index contributed by atoms with van der Waals surface area (Å²) < 4.78 is 2.63. The molecule has 0 spiro atoms. The molecule has 0 aliphatic carbocycles. The van der Waals surface area contributed by atoms with Gasteiger partial charge in [0, 0.05) is 36.9 Å². The number of benzene rings is 10. The van der Waals surface area contributed by atoms with Crippen LogP contribution in [0.25, 0.3) is 85.5 Å². The molecule has 2 heteroatoms. The van der Waals surface area contributed by atoms with Crippen molar-refractivity contribution < 1.29 is 0 Å². The van der Waals surface area contributed by atoms with Gasteiger partial charge in [0.15, 0.2) is 0 Å². The van der Waals surface area contributed by atoms with Crippen LogP contribution in [0.2, 0.25) is 0 Å². The fourth-order valence-electron chi connectivity index (χ4n) is 8.49. The summed E-state index contributed by atoms with van der Waals surface area (Å²) in [7, 11) is 0. The van der Waals surface area contributed by atoms with E-state index in [1.54, 1.807) is 0 Å². The lowest BCUT2D eigenvalue weighted by Crippen LogP contribution is -2.10. The van der Waals surface area contributed by atoms with Crippen LogP contribution in [-0.4, -0.2) is 0 Å². The van der Waals surface area contributed by atoms with Crippen LogP contribution in [0.5, 0.6) is 0 Å². The predicted molar refractivity (Wildman–Crippen MR) is 235 cm³/mol. The lowest BCUT2D eigenvalue weighted by molar-refractivity contribution is 1.30. The standard InChI is InChI=1S/C52H33NS/c1-2-12-34(13-3-1)35-24-27-38(28-25-35)53(39-29-31-47-48-30-26-36-14-4-7-17-41(36)52(48)54-51(47)33-39)50-23-11-21-43-45(20-10-22-46(43)50)49-32-37-15-5-6-16-40(37)42-18-8-9-19-44(42)49/h1-33H. The van der Waals surface area contributed by atoms with E-state index in [1.165, 1.54) is 85.5 Å². The van der Waals surface area contributed by atoms with Crippen molar-refractivity contribution >= 4 is 91.7 Å². The number of hydrogen-bond donors (Lipinski definition) is 0. The maximum Gasteiger partial charge on any atom is 0.0540 e. The van der Waals surface area contributed by atoms with E-state index < -0.39 is 0 Å². The molecule has 0 N–H and O–H groups in total. The fraction of sp³-hybridized carbons (Fsp3) is 0. The van der Waals surface area contributed by atoms with Gasteiger partial charge in [-0.05, 0) is 96.4 Å². The monoisotopic (exact) mass is 703 g/mol. The number of hydrogen-bond acceptors (Lipinski definition) is 2. The van der Waals surface area contributed by atoms with Gasteiger partial charge in [0.2, 0.25) is 0 Å². The number of nitrogens with zero attached hydrogens (tertiary/aromatic N) is 1. The Bertz CT molecular complexity index is 3210. The van der Waals surface area contributed by atoms with E-state index in [9.17, 15) is 0 Å². The Morgan fingerprint density at radius 3 is 1.78 bits per heavy atom. The minimum atomic E-state index is 1.12. The highest BCUT2D eigenvalue weighted by molar-refractivity contribution is 7.26. The van der Waals surface area contributed by atoms with Gasteiger partial charge >= 0.3 is 0 Å². The largest absolute Gasteiger partial charge is 0.310 e. The van der Waals surface area contributed by atoms with E-state index in [0.717, 1.165) is 17.1 Å². The molecule has 0 saturated heterocycles. The van der Waals surface area contributed by atoms with E-state index >= 15 is 0 Å². The minimum Gasteiger partial charge on any atom is -0.310 e. The highest BCUT2D eigenvalue weighted by atomic mass is 32.1. The predicted octanol–water partition coefficient (Wildman–Crippen LogP) is 15.5. The Kier molecular flexibility index (Phi) is 7.11. The first-order chi connectivity index (χ1) is 26.8. The zero-order valence-electron chi connectivity index (χ0n) is 29.4. The molecule has 252 valence electrons. The van der Waals surface area contributed by atoms with Crippen molar-refractivity contribution in [3.8, 4) is 22.3 Å². The van der Waals surface area contributed by atoms with Crippen molar-refractivity contribution in [1.29, 1.82) is 0 Å². The second-order valence-electron chi connectivity index (χ2n) is 14.1. The lowest BCUT2D eigenvalue weighted by Gasteiger charge is -2.27. The van der Waals surface area contributed by atoms with Crippen LogP contribution >= 0.6 is 11.3 Å². The van der Waals surface area contributed by atoms with Gasteiger partial charge in [-0.2, -0.15) is 0 Å². The first-order valence-corrected chi connectivity index (χ1v) is 19.3. The van der Waals surface area contributed by atoms with Crippen LogP contribution in [0.4, 0.5) is 17.1 Å². The van der Waals surface area contributed by atoms with Crippen LogP contribution in [-0.2, 0) is 0 Å². The minimum absolute atomic E-state index is 1.12. The molecule has 10 aromatic carbocycles. The molecule has 0 amide bonds. The number of fused-ring (bicyclic) bond motifs is 9. The highest BCUT2D eigenvalue weighted by Crippen LogP contribution is 2.46. The first kappa shape index (κ1) is 30.8. The summed E-state index contributed by atoms with van der Waals surface area (Å²) in [5, 5.41) is 12.7. The molecular weight excluding hydrogens is 671 g/mol. The SMILES string of the molecule is c1ccc(-c2ccc(N(c3ccc4c(c3)sc3c5ccccc5ccc43)c3cccc4c(-c5cc6ccccc6c6ccccc56)cccc34)cc2)cc1. The molecule has 0 radical (unpaired) electrons. The molecule has 0 fully saturated rings. The third-order valence-corrected chi connectivity index (χ3v) is 12.2. The summed E-state index contributed by atoms with van der Waals surface area (Å²) in [5.41, 5.74) is 8.32. The van der Waals surface area contributed by atoms with E-state index in [2.05, 4.69) is 205 Å². The summed E-state index contributed by atoms with van der Waals surface area (Å²) in [6.07, 6.45) is 0. The average Bonchev–Trinajstić information content (AvgIpc) is 3.63. The average molecular weight is 704 g/mol. The van der Waals surface area contributed by atoms with Gasteiger partial charge in [-0.15, -0.1) is 11.3 Å². The van der Waals surface area contributed by atoms with Gasteiger partial charge in [-0.1, -0.05) is 164 Å². The van der Waals surface area contributed by atoms with Crippen LogP contribution in [0.1, 0.15) is 0 Å². The molecule has 1 heterocycles. The molecule has 11 aromatic rings. The lowest BCUT2D eigenvalue weighted by atomic mass is 9.90. The van der Waals surface area contributed by atoms with Crippen molar-refractivity contribution in [1.82, 2.24) is 0 Å². The Hall–Kier alpha value is -6.74. The molecule has 11 rings (SSSR count). The third kappa shape index (κ3) is 4.92. The number of rotatable bonds is 5. The van der Waals surface area contributed by atoms with Crippen molar-refractivity contribution in [2.24, 2.45) is 0 Å². The normalized spacial score (nSPS) is 11.7. The van der Waals surface area contributed by atoms with Gasteiger partial charge in [0.25, 0.3) is 0 Å². The highest BCUT2D eigenvalue weighted by Gasteiger charge is 2.20. The second kappa shape index (κ2) is 12.4. The Morgan fingerprint density at radius 1 is 0.315 bits per heavy atom. The molecule has 0 aliphatic heterocycles.